The molecule has 0 bridgehead atoms. The van der Waals surface area contributed by atoms with Crippen LogP contribution in [0.4, 0.5) is 0 Å². The van der Waals surface area contributed by atoms with Crippen LogP contribution >= 0.6 is 0 Å². The summed E-state index contributed by atoms with van der Waals surface area (Å²) in [5, 5.41) is 0. The van der Waals surface area contributed by atoms with Crippen LogP contribution in [0.5, 0.6) is 5.75 Å². The minimum absolute atomic E-state index is 0.436. The zero-order valence-electron chi connectivity index (χ0n) is 15.8. The molecule has 0 saturated carbocycles. The average Bonchev–Trinajstić information content (AvgIpc) is 2.34. The first-order chi connectivity index (χ1) is 9.99. The molecule has 0 unspecified atom stereocenters. The van der Waals surface area contributed by atoms with E-state index < -0.39 is 29.5 Å². The molecule has 124 valence electrons. The van der Waals surface area contributed by atoms with Crippen LogP contribution in [-0.2, 0) is 0 Å². The van der Waals surface area contributed by atoms with E-state index in [1.54, 1.807) is 0 Å². The van der Waals surface area contributed by atoms with Gasteiger partial charge in [0.15, 0.2) is 0 Å². The van der Waals surface area contributed by atoms with E-state index in [-0.39, 0.29) is 0 Å². The Morgan fingerprint density at radius 3 is 1.77 bits per heavy atom. The molecular formula is C18H33NOSiSn. The molecule has 2 nitrogen and oxygen atoms in total. The van der Waals surface area contributed by atoms with E-state index in [1.165, 1.54) is 3.71 Å². The number of aromatic nitrogens is 1. The number of pyridine rings is 1. The summed E-state index contributed by atoms with van der Waals surface area (Å²) >= 11 is -0.631. The molecule has 0 aliphatic heterocycles. The molecule has 4 heteroatoms. The quantitative estimate of drug-likeness (QED) is 0.585. The van der Waals surface area contributed by atoms with Crippen LogP contribution in [0.25, 0.3) is 0 Å². The normalized spacial score (nSPS) is 13.3. The van der Waals surface area contributed by atoms with Gasteiger partial charge in [-0.1, -0.05) is 0 Å². The van der Waals surface area contributed by atoms with Gasteiger partial charge in [-0.15, -0.1) is 0 Å². The van der Waals surface area contributed by atoms with Gasteiger partial charge in [-0.2, -0.15) is 0 Å². The number of rotatable bonds is 6. The summed E-state index contributed by atoms with van der Waals surface area (Å²) in [5.41, 5.74) is 1.79. The Hall–Kier alpha value is -0.0344. The average molecular weight is 426 g/mol. The van der Waals surface area contributed by atoms with Crippen molar-refractivity contribution in [2.45, 2.75) is 82.4 Å². The molecule has 0 saturated heterocycles. The third-order valence-electron chi connectivity index (χ3n) is 4.24. The second kappa shape index (κ2) is 7.69. The zero-order chi connectivity index (χ0) is 17.1. The number of hydrogen-bond donors (Lipinski definition) is 0. The van der Waals surface area contributed by atoms with Gasteiger partial charge in [0.1, 0.15) is 0 Å². The Morgan fingerprint density at radius 1 is 0.955 bits per heavy atom. The maximum atomic E-state index is 6.67. The summed E-state index contributed by atoms with van der Waals surface area (Å²) < 4.78 is 8.42. The first kappa shape index (κ1) is 20.0. The third-order valence-corrected chi connectivity index (χ3v) is 14.0. The molecule has 0 aliphatic carbocycles. The Balaban J connectivity index is 3.00. The fraction of sp³-hybridized carbons (Fsp3) is 0.722. The van der Waals surface area contributed by atoms with Crippen molar-refractivity contribution in [2.24, 2.45) is 0 Å². The Labute approximate surface area is 148 Å². The molecule has 0 aromatic carbocycles. The number of hydrogen-bond acceptors (Lipinski definition) is 2. The Morgan fingerprint density at radius 2 is 1.45 bits per heavy atom. The van der Waals surface area contributed by atoms with Crippen LogP contribution in [0.1, 0.15) is 62.3 Å². The van der Waals surface area contributed by atoms with E-state index in [1.807, 2.05) is 6.20 Å². The fourth-order valence-electron chi connectivity index (χ4n) is 3.46. The fourth-order valence-corrected chi connectivity index (χ4v) is 11.7. The van der Waals surface area contributed by atoms with Crippen molar-refractivity contribution < 1.29 is 4.43 Å². The van der Waals surface area contributed by atoms with Gasteiger partial charge in [-0.05, 0) is 0 Å². The summed E-state index contributed by atoms with van der Waals surface area (Å²) in [7, 11) is -1.86. The van der Waals surface area contributed by atoms with Crippen molar-refractivity contribution in [3.05, 3.63) is 18.3 Å². The molecule has 0 aliphatic rings. The second-order valence-electron chi connectivity index (χ2n) is 8.17. The first-order valence-electron chi connectivity index (χ1n) is 8.42. The maximum absolute atomic E-state index is 6.67. The standard InChI is InChI=1S/C14H24NOSi.C4H9.Sn/c1-11(2)17(12(3)4,13(5)6)16-14-8-7-9-15-10-14;1-4(2)3;/h7-8,10-13H,1-6H3;1-3H3;. The molecule has 2 radical (unpaired) electrons. The summed E-state index contributed by atoms with van der Waals surface area (Å²) in [5.74, 6) is 0.972. The Kier molecular flexibility index (Phi) is 7.00. The molecule has 0 spiro atoms. The second-order valence-corrected chi connectivity index (χ2v) is 20.0. The van der Waals surface area contributed by atoms with E-state index in [9.17, 15) is 0 Å². The van der Waals surface area contributed by atoms with Crippen molar-refractivity contribution >= 4 is 33.2 Å². The van der Waals surface area contributed by atoms with Crippen LogP contribution < -0.4 is 8.14 Å². The van der Waals surface area contributed by atoms with Gasteiger partial charge in [-0.25, -0.2) is 0 Å². The zero-order valence-corrected chi connectivity index (χ0v) is 19.7. The molecular weight excluding hydrogens is 393 g/mol. The van der Waals surface area contributed by atoms with Gasteiger partial charge in [0.25, 0.3) is 0 Å². The van der Waals surface area contributed by atoms with Crippen molar-refractivity contribution in [1.29, 1.82) is 0 Å². The van der Waals surface area contributed by atoms with E-state index in [2.05, 4.69) is 74.4 Å². The van der Waals surface area contributed by atoms with Crippen LogP contribution in [0.15, 0.2) is 18.3 Å². The van der Waals surface area contributed by atoms with Gasteiger partial charge in [-0.3, -0.25) is 0 Å². The van der Waals surface area contributed by atoms with Crippen molar-refractivity contribution in [1.82, 2.24) is 4.98 Å². The van der Waals surface area contributed by atoms with Gasteiger partial charge < -0.3 is 0 Å². The molecule has 0 amide bonds. The molecule has 1 heterocycles. The van der Waals surface area contributed by atoms with Gasteiger partial charge in [0.05, 0.1) is 0 Å². The van der Waals surface area contributed by atoms with Crippen molar-refractivity contribution in [3.63, 3.8) is 0 Å². The molecule has 1 rings (SSSR count). The van der Waals surface area contributed by atoms with E-state index in [0.29, 0.717) is 20.1 Å². The van der Waals surface area contributed by atoms with E-state index >= 15 is 0 Å². The van der Waals surface area contributed by atoms with Crippen molar-refractivity contribution in [2.75, 3.05) is 0 Å². The molecule has 22 heavy (non-hydrogen) atoms. The molecule has 0 N–H and O–H groups in total. The summed E-state index contributed by atoms with van der Waals surface area (Å²) in [6.07, 6.45) is 1.97. The van der Waals surface area contributed by atoms with Crippen LogP contribution in [-0.4, -0.2) is 34.4 Å². The third kappa shape index (κ3) is 4.98. The predicted molar refractivity (Wildman–Crippen MR) is 101 cm³/mol. The molecule has 1 aromatic rings. The summed E-state index contributed by atoms with van der Waals surface area (Å²) in [6, 6.07) is 4.36. The van der Waals surface area contributed by atoms with Gasteiger partial charge >= 0.3 is 149 Å². The molecule has 0 fully saturated rings. The summed E-state index contributed by atoms with van der Waals surface area (Å²) in [6.45, 7) is 20.9. The van der Waals surface area contributed by atoms with E-state index in [4.69, 9.17) is 9.41 Å². The molecule has 1 aromatic heterocycles. The Bertz CT molecular complexity index is 441. The van der Waals surface area contributed by atoms with Gasteiger partial charge in [0.2, 0.25) is 0 Å². The minimum atomic E-state index is -1.86. The van der Waals surface area contributed by atoms with Crippen LogP contribution in [0.2, 0.25) is 20.1 Å². The van der Waals surface area contributed by atoms with Gasteiger partial charge in [0, 0.05) is 0 Å². The predicted octanol–water partition coefficient (Wildman–Crippen LogP) is 5.18. The van der Waals surface area contributed by atoms with Crippen LogP contribution in [0.3, 0.4) is 0 Å². The van der Waals surface area contributed by atoms with Crippen LogP contribution in [0, 0.1) is 0 Å². The van der Waals surface area contributed by atoms with E-state index in [0.717, 1.165) is 5.75 Å². The first-order valence-corrected chi connectivity index (χ1v) is 13.4. The SMILES string of the molecule is CC(C)[Si](Oc1cc[c]([Sn][C](C)(C)C)nc1)(C(C)C)C(C)C. The monoisotopic (exact) mass is 427 g/mol. The van der Waals surface area contributed by atoms with Crippen molar-refractivity contribution in [3.8, 4) is 5.75 Å². The topological polar surface area (TPSA) is 22.1 Å². The molecule has 0 atom stereocenters. The number of nitrogens with zero attached hydrogens (tertiary/aromatic N) is 1. The summed E-state index contributed by atoms with van der Waals surface area (Å²) in [4.78, 5) is 4.70.